The smallest absolute Gasteiger partial charge is 0.371 e. The summed E-state index contributed by atoms with van der Waals surface area (Å²) in [4.78, 5) is 10.8. The maximum Gasteiger partial charge on any atom is 0.409 e. The molecule has 0 spiro atoms. The first-order chi connectivity index (χ1) is 6.13. The van der Waals surface area contributed by atoms with E-state index in [0.29, 0.717) is 0 Å². The molecule has 6 heteroatoms. The summed E-state index contributed by atoms with van der Waals surface area (Å²) in [5.41, 5.74) is 0. The molecule has 0 aromatic rings. The highest BCUT2D eigenvalue weighted by Gasteiger charge is 2.20. The molecule has 0 saturated heterocycles. The lowest BCUT2D eigenvalue weighted by atomic mass is 10.5. The van der Waals surface area contributed by atoms with Crippen molar-refractivity contribution in [3.05, 3.63) is 11.8 Å². The Hall–Kier alpha value is -1.04. The zero-order chi connectivity index (χ0) is 11.1. The molecule has 0 saturated carbocycles. The first-order valence-corrected chi connectivity index (χ1v) is 3.52. The van der Waals surface area contributed by atoms with E-state index in [1.165, 1.54) is 4.72 Å². The Bertz CT molecular complexity index is 408. The maximum atomic E-state index is 10.8. The van der Waals surface area contributed by atoms with E-state index in [1.54, 1.807) is 0 Å². The molecule has 0 aromatic heterocycles. The number of hydrogen-bond donors (Lipinski definition) is 1. The monoisotopic (exact) mass is 167 g/mol. The third-order valence-electron chi connectivity index (χ3n) is 0.638. The molecule has 0 fully saturated rings. The van der Waals surface area contributed by atoms with Crippen molar-refractivity contribution in [2.75, 3.05) is 0 Å². The van der Waals surface area contributed by atoms with Gasteiger partial charge in [-0.3, -0.25) is 4.79 Å². The highest BCUT2D eigenvalue weighted by molar-refractivity contribution is 7.85. The fourth-order valence-electron chi connectivity index (χ4n) is 0.394. The molecule has 0 bridgehead atoms. The van der Waals surface area contributed by atoms with Crippen LogP contribution in [0.3, 0.4) is 0 Å². The van der Waals surface area contributed by atoms with E-state index in [9.17, 15) is 13.2 Å². The van der Waals surface area contributed by atoms with Gasteiger partial charge in [-0.15, -0.1) is 0 Å². The summed E-state index contributed by atoms with van der Waals surface area (Å²) in [7, 11) is -4.43. The van der Waals surface area contributed by atoms with Crippen LogP contribution in [-0.2, 0) is 19.3 Å². The van der Waals surface area contributed by atoms with Gasteiger partial charge in [-0.1, -0.05) is 0 Å². The normalized spacial score (nSPS) is 30.6. The molecular formula is C4H5NO4S. The molecule has 1 heterocycles. The van der Waals surface area contributed by atoms with Crippen LogP contribution in [0.25, 0.3) is 0 Å². The van der Waals surface area contributed by atoms with Crippen molar-refractivity contribution in [1.82, 2.24) is 4.72 Å². The van der Waals surface area contributed by atoms with E-state index >= 15 is 0 Å². The van der Waals surface area contributed by atoms with Crippen LogP contribution >= 0.6 is 0 Å². The van der Waals surface area contributed by atoms with Crippen molar-refractivity contribution in [3.8, 4) is 0 Å². The number of amides is 1. The third-order valence-corrected chi connectivity index (χ3v) is 1.46. The fourth-order valence-corrected chi connectivity index (χ4v) is 0.974. The largest absolute Gasteiger partial charge is 0.409 e. The van der Waals surface area contributed by atoms with Crippen molar-refractivity contribution in [1.29, 1.82) is 0 Å². The minimum absolute atomic E-state index is 1.01. The van der Waals surface area contributed by atoms with Crippen molar-refractivity contribution >= 4 is 16.2 Å². The van der Waals surface area contributed by atoms with Crippen LogP contribution in [0.15, 0.2) is 11.8 Å². The van der Waals surface area contributed by atoms with Crippen LogP contribution in [0.2, 0.25) is 0 Å². The summed E-state index contributed by atoms with van der Waals surface area (Å²) in [6.45, 7) is -2.94. The molecule has 1 N–H and O–H groups in total. The standard InChI is InChI=1S/C4H5NO4S/c1-3-2-4(6)5-10(7,8)9-3/h2H,1H3,(H,5,6)/i1D3,2D. The van der Waals surface area contributed by atoms with Crippen molar-refractivity contribution in [2.45, 2.75) is 6.85 Å². The third kappa shape index (κ3) is 1.47. The van der Waals surface area contributed by atoms with E-state index in [-0.39, 0.29) is 0 Å². The number of nitrogens with one attached hydrogen (secondary N) is 1. The van der Waals surface area contributed by atoms with Gasteiger partial charge in [0.1, 0.15) is 5.76 Å². The summed E-state index contributed by atoms with van der Waals surface area (Å²) < 4.78 is 54.2. The lowest BCUT2D eigenvalue weighted by molar-refractivity contribution is -0.115. The summed E-state index contributed by atoms with van der Waals surface area (Å²) in [5.74, 6) is -2.45. The second-order valence-electron chi connectivity index (χ2n) is 1.42. The molecule has 0 aliphatic carbocycles. The van der Waals surface area contributed by atoms with Crippen LogP contribution < -0.4 is 4.72 Å². The topological polar surface area (TPSA) is 72.5 Å². The molecule has 0 aromatic carbocycles. The number of carbonyl (C=O) groups is 1. The van der Waals surface area contributed by atoms with Crippen LogP contribution in [0.5, 0.6) is 0 Å². The summed E-state index contributed by atoms with van der Waals surface area (Å²) in [6, 6.07) is -1.01. The maximum absolute atomic E-state index is 10.8. The number of hydrogen-bond acceptors (Lipinski definition) is 4. The van der Waals surface area contributed by atoms with Crippen LogP contribution in [-0.4, -0.2) is 14.3 Å². The molecule has 56 valence electrons. The summed E-state index contributed by atoms with van der Waals surface area (Å²) >= 11 is 0. The first-order valence-electron chi connectivity index (χ1n) is 4.11. The van der Waals surface area contributed by atoms with Crippen molar-refractivity contribution in [2.24, 2.45) is 0 Å². The zero-order valence-corrected chi connectivity index (χ0v) is 5.36. The van der Waals surface area contributed by atoms with Crippen molar-refractivity contribution in [3.63, 3.8) is 0 Å². The molecule has 0 unspecified atom stereocenters. The minimum atomic E-state index is -4.43. The lowest BCUT2D eigenvalue weighted by Gasteiger charge is -2.10. The van der Waals surface area contributed by atoms with Crippen molar-refractivity contribution < 1.29 is 22.9 Å². The van der Waals surface area contributed by atoms with Gasteiger partial charge < -0.3 is 4.18 Å². The lowest BCUT2D eigenvalue weighted by Crippen LogP contribution is -2.34. The van der Waals surface area contributed by atoms with Gasteiger partial charge in [0.2, 0.25) is 0 Å². The van der Waals surface area contributed by atoms with E-state index < -0.39 is 34.9 Å². The van der Waals surface area contributed by atoms with Gasteiger partial charge in [0.05, 0.1) is 1.37 Å². The van der Waals surface area contributed by atoms with Crippen LogP contribution in [0, 0.1) is 0 Å². The SMILES string of the molecule is [2H]C1=C(C([2H])([2H])[2H])OS(=O)(=O)NC1=O. The number of carbonyl (C=O) groups excluding carboxylic acids is 1. The molecule has 0 radical (unpaired) electrons. The van der Waals surface area contributed by atoms with Gasteiger partial charge in [-0.25, -0.2) is 4.72 Å². The Kier molecular flexibility index (Phi) is 0.669. The molecule has 10 heavy (non-hydrogen) atoms. The quantitative estimate of drug-likeness (QED) is 0.517. The first kappa shape index (κ1) is 3.38. The molecule has 1 aliphatic rings. The summed E-state index contributed by atoms with van der Waals surface area (Å²) in [6.07, 6.45) is 0. The molecular weight excluding hydrogens is 158 g/mol. The molecule has 1 aliphatic heterocycles. The van der Waals surface area contributed by atoms with Gasteiger partial charge in [0.25, 0.3) is 5.91 Å². The molecule has 5 nitrogen and oxygen atoms in total. The second kappa shape index (κ2) is 1.98. The number of allylic oxidation sites excluding steroid dienone is 1. The fraction of sp³-hybridized carbons (Fsp3) is 0.250. The Morgan fingerprint density at radius 2 is 2.60 bits per heavy atom. The Morgan fingerprint density at radius 3 is 3.20 bits per heavy atom. The minimum Gasteiger partial charge on any atom is -0.371 e. The predicted octanol–water partition coefficient (Wildman–Crippen LogP) is -0.719. The van der Waals surface area contributed by atoms with Gasteiger partial charge in [0, 0.05) is 10.2 Å². The second-order valence-corrected chi connectivity index (χ2v) is 2.70. The highest BCUT2D eigenvalue weighted by atomic mass is 32.2. The van der Waals surface area contributed by atoms with Crippen LogP contribution in [0.1, 0.15) is 12.3 Å². The zero-order valence-electron chi connectivity index (χ0n) is 8.54. The predicted molar refractivity (Wildman–Crippen MR) is 31.9 cm³/mol. The molecule has 0 atom stereocenters. The van der Waals surface area contributed by atoms with Gasteiger partial charge in [0.15, 0.2) is 0 Å². The Labute approximate surface area is 63.6 Å². The Balaban J connectivity index is 3.28. The Morgan fingerprint density at radius 1 is 1.90 bits per heavy atom. The highest BCUT2D eigenvalue weighted by Crippen LogP contribution is 2.05. The van der Waals surface area contributed by atoms with E-state index in [4.69, 9.17) is 5.48 Å². The van der Waals surface area contributed by atoms with E-state index in [2.05, 4.69) is 4.18 Å². The van der Waals surface area contributed by atoms with E-state index in [0.717, 1.165) is 0 Å². The average Bonchev–Trinajstić information content (AvgIpc) is 1.93. The summed E-state index contributed by atoms with van der Waals surface area (Å²) in [5, 5.41) is 0. The van der Waals surface area contributed by atoms with Crippen LogP contribution in [0.4, 0.5) is 0 Å². The molecule has 1 amide bonds. The molecule has 1 rings (SSSR count). The number of rotatable bonds is 0. The average molecular weight is 167 g/mol. The van der Waals surface area contributed by atoms with Gasteiger partial charge in [-0.2, -0.15) is 8.42 Å². The van der Waals surface area contributed by atoms with Gasteiger partial charge in [-0.05, 0) is 6.85 Å². The van der Waals surface area contributed by atoms with Gasteiger partial charge >= 0.3 is 10.3 Å². The van der Waals surface area contributed by atoms with E-state index in [1.807, 2.05) is 0 Å².